The van der Waals surface area contributed by atoms with E-state index in [4.69, 9.17) is 9.47 Å². The summed E-state index contributed by atoms with van der Waals surface area (Å²) in [6, 6.07) is 5.20. The summed E-state index contributed by atoms with van der Waals surface area (Å²) in [4.78, 5) is 40.7. The monoisotopic (exact) mass is 468 g/mol. The molecule has 1 heterocycles. The zero-order valence-electron chi connectivity index (χ0n) is 17.4. The summed E-state index contributed by atoms with van der Waals surface area (Å²) in [5.41, 5.74) is 0.403. The van der Waals surface area contributed by atoms with Gasteiger partial charge in [-0.3, -0.25) is 14.4 Å². The first-order valence-corrected chi connectivity index (χ1v) is 10.7. The molecule has 0 N–H and O–H groups in total. The third-order valence-corrected chi connectivity index (χ3v) is 5.14. The Morgan fingerprint density at radius 1 is 1.31 bits per heavy atom. The molecular formula is C21H29BrN2O5. The number of piperidine rings is 1. The third-order valence-electron chi connectivity index (χ3n) is 4.65. The number of carbonyl (C=O) groups excluding carboxylic acids is 3. The highest BCUT2D eigenvalue weighted by Crippen LogP contribution is 2.26. The van der Waals surface area contributed by atoms with Crippen LogP contribution < -0.4 is 4.74 Å². The Morgan fingerprint density at radius 2 is 2.03 bits per heavy atom. The molecule has 1 aromatic carbocycles. The second-order valence-corrected chi connectivity index (χ2v) is 8.31. The van der Waals surface area contributed by atoms with E-state index < -0.39 is 0 Å². The molecule has 8 heteroatoms. The lowest BCUT2D eigenvalue weighted by atomic mass is 9.98. The van der Waals surface area contributed by atoms with Crippen LogP contribution in [0.5, 0.6) is 5.75 Å². The van der Waals surface area contributed by atoms with Gasteiger partial charge in [-0.1, -0.05) is 15.9 Å². The second-order valence-electron chi connectivity index (χ2n) is 7.40. The van der Waals surface area contributed by atoms with Crippen molar-refractivity contribution in [2.45, 2.75) is 39.7 Å². The van der Waals surface area contributed by atoms with Crippen LogP contribution in [0.3, 0.4) is 0 Å². The Kier molecular flexibility index (Phi) is 8.49. The number of rotatable bonds is 7. The highest BCUT2D eigenvalue weighted by molar-refractivity contribution is 9.10. The lowest BCUT2D eigenvalue weighted by Crippen LogP contribution is -2.47. The summed E-state index contributed by atoms with van der Waals surface area (Å²) in [6.07, 6.45) is 1.37. The molecule has 1 fully saturated rings. The van der Waals surface area contributed by atoms with Crippen molar-refractivity contribution in [3.05, 3.63) is 28.2 Å². The lowest BCUT2D eigenvalue weighted by Gasteiger charge is -2.32. The maximum atomic E-state index is 12.9. The molecule has 29 heavy (non-hydrogen) atoms. The van der Waals surface area contributed by atoms with Crippen LogP contribution in [-0.2, 0) is 14.3 Å². The number of hydrogen-bond acceptors (Lipinski definition) is 5. The van der Waals surface area contributed by atoms with Gasteiger partial charge in [-0.05, 0) is 51.8 Å². The third kappa shape index (κ3) is 6.45. The molecule has 7 nitrogen and oxygen atoms in total. The topological polar surface area (TPSA) is 76.2 Å². The van der Waals surface area contributed by atoms with Gasteiger partial charge in [-0.2, -0.15) is 0 Å². The maximum absolute atomic E-state index is 12.9. The van der Waals surface area contributed by atoms with Gasteiger partial charge in [-0.15, -0.1) is 0 Å². The summed E-state index contributed by atoms with van der Waals surface area (Å²) in [6.45, 7) is 6.72. The molecule has 1 unspecified atom stereocenters. The molecule has 0 saturated carbocycles. The number of likely N-dealkylation sites (N-methyl/N-ethyl adjacent to an activating group) is 1. The van der Waals surface area contributed by atoms with Crippen LogP contribution >= 0.6 is 15.9 Å². The van der Waals surface area contributed by atoms with Crippen molar-refractivity contribution in [2.24, 2.45) is 5.92 Å². The highest BCUT2D eigenvalue weighted by Gasteiger charge is 2.30. The van der Waals surface area contributed by atoms with E-state index in [0.29, 0.717) is 37.4 Å². The van der Waals surface area contributed by atoms with Gasteiger partial charge in [-0.25, -0.2) is 0 Å². The molecule has 0 spiro atoms. The van der Waals surface area contributed by atoms with Gasteiger partial charge in [0.15, 0.2) is 0 Å². The fourth-order valence-corrected chi connectivity index (χ4v) is 3.60. The predicted octanol–water partition coefficient (Wildman–Crippen LogP) is 3.11. The number of amides is 2. The van der Waals surface area contributed by atoms with E-state index in [1.165, 1.54) is 4.90 Å². The van der Waals surface area contributed by atoms with Gasteiger partial charge in [0.2, 0.25) is 5.91 Å². The normalized spacial score (nSPS) is 16.5. The molecule has 2 amide bonds. The van der Waals surface area contributed by atoms with E-state index in [-0.39, 0.29) is 36.4 Å². The number of nitrogens with zero attached hydrogens (tertiary/aromatic N) is 2. The van der Waals surface area contributed by atoms with Gasteiger partial charge in [0, 0.05) is 24.6 Å². The molecule has 160 valence electrons. The number of hydrogen-bond donors (Lipinski definition) is 0. The first-order valence-electron chi connectivity index (χ1n) is 9.89. The minimum atomic E-state index is -0.300. The van der Waals surface area contributed by atoms with E-state index in [1.807, 2.05) is 13.8 Å². The highest BCUT2D eigenvalue weighted by atomic mass is 79.9. The molecule has 1 aliphatic heterocycles. The molecule has 0 radical (unpaired) electrons. The minimum Gasteiger partial charge on any atom is -0.490 e. The fraction of sp³-hybridized carbons (Fsp3) is 0.571. The summed E-state index contributed by atoms with van der Waals surface area (Å²) in [5, 5.41) is 0. The number of benzene rings is 1. The fourth-order valence-electron chi connectivity index (χ4n) is 3.26. The van der Waals surface area contributed by atoms with Crippen LogP contribution in [0, 0.1) is 5.92 Å². The van der Waals surface area contributed by atoms with Crippen LogP contribution in [0.1, 0.15) is 44.0 Å². The van der Waals surface area contributed by atoms with Crippen molar-refractivity contribution in [1.82, 2.24) is 9.80 Å². The molecule has 0 aromatic heterocycles. The zero-order chi connectivity index (χ0) is 21.6. The number of esters is 1. The molecule has 1 saturated heterocycles. The van der Waals surface area contributed by atoms with E-state index in [0.717, 1.165) is 10.9 Å². The smallest absolute Gasteiger partial charge is 0.310 e. The number of ether oxygens (including phenoxy) is 2. The Labute approximate surface area is 180 Å². The predicted molar refractivity (Wildman–Crippen MR) is 113 cm³/mol. The second kappa shape index (κ2) is 10.6. The summed E-state index contributed by atoms with van der Waals surface area (Å²) < 4.78 is 11.6. The van der Waals surface area contributed by atoms with Gasteiger partial charge in [0.25, 0.3) is 5.91 Å². The van der Waals surface area contributed by atoms with Crippen LogP contribution in [0.15, 0.2) is 22.7 Å². The Balaban J connectivity index is 2.04. The van der Waals surface area contributed by atoms with Crippen molar-refractivity contribution in [3.63, 3.8) is 0 Å². The van der Waals surface area contributed by atoms with Crippen molar-refractivity contribution in [3.8, 4) is 5.75 Å². The van der Waals surface area contributed by atoms with Gasteiger partial charge >= 0.3 is 5.97 Å². The molecule has 1 atom stereocenters. The van der Waals surface area contributed by atoms with Gasteiger partial charge in [0.05, 0.1) is 30.7 Å². The SMILES string of the molecule is CCOC(=O)C1CCCN(C(=O)CN(C)C(=O)c2ccc(Br)cc2OC(C)C)C1. The van der Waals surface area contributed by atoms with E-state index >= 15 is 0 Å². The largest absolute Gasteiger partial charge is 0.490 e. The molecule has 1 aromatic rings. The van der Waals surface area contributed by atoms with Crippen LogP contribution in [-0.4, -0.2) is 67.0 Å². The van der Waals surface area contributed by atoms with Crippen molar-refractivity contribution in [1.29, 1.82) is 0 Å². The van der Waals surface area contributed by atoms with E-state index in [2.05, 4.69) is 15.9 Å². The number of halogens is 1. The van der Waals surface area contributed by atoms with Crippen molar-refractivity contribution >= 4 is 33.7 Å². The van der Waals surface area contributed by atoms with Crippen LogP contribution in [0.4, 0.5) is 0 Å². The van der Waals surface area contributed by atoms with E-state index in [9.17, 15) is 14.4 Å². The van der Waals surface area contributed by atoms with Crippen molar-refractivity contribution < 1.29 is 23.9 Å². The average molecular weight is 469 g/mol. The molecular weight excluding hydrogens is 440 g/mol. The van der Waals surface area contributed by atoms with Gasteiger partial charge in [0.1, 0.15) is 5.75 Å². The molecule has 0 aliphatic carbocycles. The van der Waals surface area contributed by atoms with Gasteiger partial charge < -0.3 is 19.3 Å². The molecule has 0 bridgehead atoms. The van der Waals surface area contributed by atoms with Crippen LogP contribution in [0.2, 0.25) is 0 Å². The quantitative estimate of drug-likeness (QED) is 0.574. The zero-order valence-corrected chi connectivity index (χ0v) is 19.0. The average Bonchev–Trinajstić information content (AvgIpc) is 2.67. The number of likely N-dealkylation sites (tertiary alicyclic amines) is 1. The Morgan fingerprint density at radius 3 is 2.69 bits per heavy atom. The minimum absolute atomic E-state index is 0.0639. The molecule has 1 aliphatic rings. The summed E-state index contributed by atoms with van der Waals surface area (Å²) in [7, 11) is 1.59. The Bertz CT molecular complexity index is 753. The summed E-state index contributed by atoms with van der Waals surface area (Å²) in [5.74, 6) is -0.566. The standard InChI is InChI=1S/C21H29BrN2O5/c1-5-28-21(27)15-7-6-10-24(12-15)19(25)13-23(4)20(26)17-9-8-16(22)11-18(17)29-14(2)3/h8-9,11,14-15H,5-7,10,12-13H2,1-4H3. The van der Waals surface area contributed by atoms with E-state index in [1.54, 1.807) is 37.1 Å². The van der Waals surface area contributed by atoms with Crippen LogP contribution in [0.25, 0.3) is 0 Å². The number of carbonyl (C=O) groups is 3. The molecule has 2 rings (SSSR count). The Hall–Kier alpha value is -2.09. The summed E-state index contributed by atoms with van der Waals surface area (Å²) >= 11 is 3.39. The first kappa shape index (κ1) is 23.2. The maximum Gasteiger partial charge on any atom is 0.310 e. The van der Waals surface area contributed by atoms with Crippen molar-refractivity contribution in [2.75, 3.05) is 33.3 Å². The lowest BCUT2D eigenvalue weighted by molar-refractivity contribution is -0.151. The first-order chi connectivity index (χ1) is 13.7.